The van der Waals surface area contributed by atoms with Crippen molar-refractivity contribution in [3.05, 3.63) is 0 Å². The molecule has 6 heteroatoms. The Kier molecular flexibility index (Phi) is 41.3. The smallest absolute Gasteiger partial charge is 0.303 e. The van der Waals surface area contributed by atoms with E-state index in [4.69, 9.17) is 10.2 Å². The van der Waals surface area contributed by atoms with Crippen LogP contribution in [0.25, 0.3) is 0 Å². The van der Waals surface area contributed by atoms with Gasteiger partial charge in [0.15, 0.2) is 0 Å². The van der Waals surface area contributed by atoms with Crippen molar-refractivity contribution in [3.63, 3.8) is 0 Å². The van der Waals surface area contributed by atoms with E-state index in [9.17, 15) is 9.59 Å². The van der Waals surface area contributed by atoms with E-state index in [0.717, 1.165) is 0 Å². The molecule has 0 heterocycles. The monoisotopic (exact) mass is 687 g/mol. The number of carboxylic acids is 2. The first kappa shape index (κ1) is 51.2. The fraction of sp³-hybridized carbons (Fsp3) is 0.952. The summed E-state index contributed by atoms with van der Waals surface area (Å²) in [4.78, 5) is 19.8. The number of carbonyl (C=O) groups is 2. The van der Waals surface area contributed by atoms with Gasteiger partial charge in [-0.3, -0.25) is 9.59 Å². The highest BCUT2D eigenvalue weighted by atomic mass is 16.4. The highest BCUT2D eigenvalue weighted by Gasteiger charge is 2.22. The predicted molar refractivity (Wildman–Crippen MR) is 211 cm³/mol. The molecule has 0 aliphatic rings. The molecule has 0 bridgehead atoms. The lowest BCUT2D eigenvalue weighted by molar-refractivity contribution is -0.925. The van der Waals surface area contributed by atoms with E-state index in [0.29, 0.717) is 12.8 Å². The molecule has 0 spiro atoms. The molecule has 290 valence electrons. The van der Waals surface area contributed by atoms with Gasteiger partial charge in [0.05, 0.1) is 52.4 Å². The maximum atomic E-state index is 9.90. The highest BCUT2D eigenvalue weighted by Crippen LogP contribution is 2.16. The van der Waals surface area contributed by atoms with Gasteiger partial charge in [-0.1, -0.05) is 105 Å². The second-order valence-corrected chi connectivity index (χ2v) is 14.5. The molecule has 0 rings (SSSR count). The quantitative estimate of drug-likeness (QED) is 0.0532. The summed E-state index contributed by atoms with van der Waals surface area (Å²) in [5, 5.41) is 16.3. The molecule has 0 radical (unpaired) electrons. The SMILES string of the molecule is CCCCCCCCC[N+](CC)(CC)CCCCC.CCCCCCCCC[N+](CC)(CC)CCCCC.O=C(O)CCCCC(=O)O. The summed E-state index contributed by atoms with van der Waals surface area (Å²) in [6.45, 7) is 29.7. The fourth-order valence-corrected chi connectivity index (χ4v) is 6.69. The van der Waals surface area contributed by atoms with Crippen LogP contribution in [0.2, 0.25) is 0 Å². The van der Waals surface area contributed by atoms with Crippen LogP contribution in [0, 0.1) is 0 Å². The van der Waals surface area contributed by atoms with E-state index in [1.807, 2.05) is 0 Å². The maximum absolute atomic E-state index is 9.90. The Hall–Kier alpha value is -1.14. The Labute approximate surface area is 302 Å². The van der Waals surface area contributed by atoms with Crippen molar-refractivity contribution in [3.8, 4) is 0 Å². The minimum atomic E-state index is -0.870. The van der Waals surface area contributed by atoms with E-state index < -0.39 is 11.9 Å². The van der Waals surface area contributed by atoms with Crippen molar-refractivity contribution in [2.75, 3.05) is 52.4 Å². The zero-order valence-electron chi connectivity index (χ0n) is 34.2. The van der Waals surface area contributed by atoms with Crippen molar-refractivity contribution in [2.45, 2.75) is 209 Å². The zero-order chi connectivity index (χ0) is 36.8. The minimum Gasteiger partial charge on any atom is -0.481 e. The van der Waals surface area contributed by atoms with E-state index >= 15 is 0 Å². The Bertz CT molecular complexity index is 606. The van der Waals surface area contributed by atoms with Crippen molar-refractivity contribution in [1.29, 1.82) is 0 Å². The zero-order valence-corrected chi connectivity index (χ0v) is 34.2. The van der Waals surface area contributed by atoms with Gasteiger partial charge >= 0.3 is 11.9 Å². The molecule has 48 heavy (non-hydrogen) atoms. The second-order valence-electron chi connectivity index (χ2n) is 14.5. The van der Waals surface area contributed by atoms with Gasteiger partial charge in [0.1, 0.15) is 0 Å². The minimum absolute atomic E-state index is 0.0628. The van der Waals surface area contributed by atoms with Crippen LogP contribution >= 0.6 is 0 Å². The summed E-state index contributed by atoms with van der Waals surface area (Å²) >= 11 is 0. The number of nitrogens with zero attached hydrogens (tertiary/aromatic N) is 2. The van der Waals surface area contributed by atoms with E-state index in [1.54, 1.807) is 0 Å². The summed E-state index contributed by atoms with van der Waals surface area (Å²) in [5.74, 6) is -1.74. The molecule has 0 aromatic rings. The third-order valence-corrected chi connectivity index (χ3v) is 10.7. The molecule has 0 aromatic heterocycles. The topological polar surface area (TPSA) is 74.6 Å². The summed E-state index contributed by atoms with van der Waals surface area (Å²) in [5.41, 5.74) is 0. The van der Waals surface area contributed by atoms with Gasteiger partial charge in [-0.15, -0.1) is 0 Å². The van der Waals surface area contributed by atoms with Crippen molar-refractivity contribution in [2.24, 2.45) is 0 Å². The maximum Gasteiger partial charge on any atom is 0.303 e. The van der Waals surface area contributed by atoms with Crippen LogP contribution in [0.3, 0.4) is 0 Å². The fourth-order valence-electron chi connectivity index (χ4n) is 6.69. The number of quaternary nitrogens is 2. The van der Waals surface area contributed by atoms with Crippen molar-refractivity contribution in [1.82, 2.24) is 0 Å². The van der Waals surface area contributed by atoms with Crippen LogP contribution < -0.4 is 0 Å². The number of hydrogen-bond donors (Lipinski definition) is 2. The molecular weight excluding hydrogens is 596 g/mol. The summed E-state index contributed by atoms with van der Waals surface area (Å²) in [7, 11) is 0. The van der Waals surface area contributed by atoms with Gasteiger partial charge in [-0.25, -0.2) is 0 Å². The van der Waals surface area contributed by atoms with Crippen molar-refractivity contribution < 1.29 is 28.8 Å². The number of unbranched alkanes of at least 4 members (excludes halogenated alkanes) is 17. The summed E-state index contributed by atoms with van der Waals surface area (Å²) in [6.07, 6.45) is 29.5. The Balaban J connectivity index is -0.000000665. The van der Waals surface area contributed by atoms with Crippen LogP contribution in [0.5, 0.6) is 0 Å². The van der Waals surface area contributed by atoms with Crippen LogP contribution in [0.1, 0.15) is 209 Å². The molecule has 2 N–H and O–H groups in total. The molecule has 0 aliphatic carbocycles. The number of carboxylic acid groups (broad SMARTS) is 2. The normalized spacial score (nSPS) is 11.4. The molecule has 0 aliphatic heterocycles. The first-order chi connectivity index (χ1) is 23.1. The van der Waals surface area contributed by atoms with E-state index in [1.165, 1.54) is 190 Å². The number of hydrogen-bond acceptors (Lipinski definition) is 2. The van der Waals surface area contributed by atoms with Gasteiger partial charge in [-0.05, 0) is 91.9 Å². The van der Waals surface area contributed by atoms with E-state index in [2.05, 4.69) is 55.4 Å². The molecule has 0 atom stereocenters. The van der Waals surface area contributed by atoms with Crippen LogP contribution in [-0.4, -0.2) is 83.5 Å². The van der Waals surface area contributed by atoms with Crippen LogP contribution in [0.4, 0.5) is 0 Å². The van der Waals surface area contributed by atoms with Gasteiger partial charge < -0.3 is 19.2 Å². The first-order valence-electron chi connectivity index (χ1n) is 21.2. The van der Waals surface area contributed by atoms with Gasteiger partial charge in [0.25, 0.3) is 0 Å². The highest BCUT2D eigenvalue weighted by molar-refractivity contribution is 5.67. The summed E-state index contributed by atoms with van der Waals surface area (Å²) < 4.78 is 2.74. The van der Waals surface area contributed by atoms with Gasteiger partial charge in [0, 0.05) is 12.8 Å². The standard InChI is InChI=1S/2C18H40N.C6H10O4/c2*1-5-9-11-12-13-14-16-18-19(7-3,8-4)17-15-10-6-2;7-5(8)3-1-2-4-6(9)10/h2*5-18H2,1-4H3;1-4H2,(H,7,8)(H,9,10)/q2*+1;. The molecule has 0 fully saturated rings. The van der Waals surface area contributed by atoms with Crippen molar-refractivity contribution >= 4 is 11.9 Å². The Morgan fingerprint density at radius 2 is 0.542 bits per heavy atom. The largest absolute Gasteiger partial charge is 0.481 e. The number of rotatable bonds is 33. The predicted octanol–water partition coefficient (Wildman–Crippen LogP) is 12.3. The molecule has 0 saturated heterocycles. The average molecular weight is 687 g/mol. The molecule has 0 aromatic carbocycles. The summed E-state index contributed by atoms with van der Waals surface area (Å²) in [6, 6.07) is 0. The second kappa shape index (κ2) is 38.7. The Morgan fingerprint density at radius 1 is 0.333 bits per heavy atom. The molecule has 0 amide bonds. The average Bonchev–Trinajstić information content (AvgIpc) is 3.08. The molecule has 0 saturated carbocycles. The van der Waals surface area contributed by atoms with Gasteiger partial charge in [0.2, 0.25) is 0 Å². The van der Waals surface area contributed by atoms with E-state index in [-0.39, 0.29) is 12.8 Å². The molecule has 0 unspecified atom stereocenters. The lowest BCUT2D eigenvalue weighted by atomic mass is 10.1. The Morgan fingerprint density at radius 3 is 0.771 bits per heavy atom. The first-order valence-corrected chi connectivity index (χ1v) is 21.2. The third-order valence-electron chi connectivity index (χ3n) is 10.7. The van der Waals surface area contributed by atoms with Crippen LogP contribution in [-0.2, 0) is 9.59 Å². The lowest BCUT2D eigenvalue weighted by Gasteiger charge is -2.37. The molecular formula is C42H90N2O4+2. The van der Waals surface area contributed by atoms with Gasteiger partial charge in [-0.2, -0.15) is 0 Å². The lowest BCUT2D eigenvalue weighted by Crippen LogP contribution is -2.49. The molecule has 6 nitrogen and oxygen atoms in total. The number of aliphatic carboxylic acids is 2. The third kappa shape index (κ3) is 34.7. The van der Waals surface area contributed by atoms with Crippen LogP contribution in [0.15, 0.2) is 0 Å².